The van der Waals surface area contributed by atoms with Crippen LogP contribution in [0.4, 0.5) is 8.78 Å². The number of hydrogen-bond donors (Lipinski definition) is 1. The van der Waals surface area contributed by atoms with E-state index in [9.17, 15) is 13.6 Å². The van der Waals surface area contributed by atoms with Crippen molar-refractivity contribution in [3.05, 3.63) is 34.5 Å². The van der Waals surface area contributed by atoms with Gasteiger partial charge in [0.2, 0.25) is 0 Å². The normalized spacial score (nSPS) is 10.8. The molecule has 0 saturated heterocycles. The van der Waals surface area contributed by atoms with E-state index in [0.29, 0.717) is 4.47 Å². The van der Waals surface area contributed by atoms with E-state index < -0.39 is 12.6 Å². The first-order valence-corrected chi connectivity index (χ1v) is 6.08. The molecule has 0 radical (unpaired) electrons. The fourth-order valence-electron chi connectivity index (χ4n) is 1.57. The van der Waals surface area contributed by atoms with Crippen molar-refractivity contribution in [1.82, 2.24) is 14.5 Å². The number of alkyl halides is 2. The quantitative estimate of drug-likeness (QED) is 0.919. The van der Waals surface area contributed by atoms with E-state index in [4.69, 9.17) is 5.11 Å². The fraction of sp³-hybridized carbons (Fsp3) is 0.182. The summed E-state index contributed by atoms with van der Waals surface area (Å²) in [6, 6.07) is 1.31. The molecule has 0 amide bonds. The molecule has 2 heterocycles. The van der Waals surface area contributed by atoms with Gasteiger partial charge in [-0.05, 0) is 22.9 Å². The number of aromatic nitrogens is 3. The predicted molar refractivity (Wildman–Crippen MR) is 67.4 cm³/mol. The second kappa shape index (κ2) is 5.53. The highest BCUT2D eigenvalue weighted by Gasteiger charge is 2.18. The molecule has 2 aromatic heterocycles. The SMILES string of the molecule is Cc1nc(C(=O)O)cn1-c1ncc(Br)cc1OC(F)F. The van der Waals surface area contributed by atoms with E-state index in [2.05, 4.69) is 30.6 Å². The lowest BCUT2D eigenvalue weighted by Crippen LogP contribution is -2.08. The number of hydrogen-bond acceptors (Lipinski definition) is 4. The molecule has 0 aromatic carbocycles. The molecule has 0 aliphatic carbocycles. The minimum Gasteiger partial charge on any atom is -0.476 e. The van der Waals surface area contributed by atoms with Crippen LogP contribution in [0.1, 0.15) is 16.3 Å². The Balaban J connectivity index is 2.54. The lowest BCUT2D eigenvalue weighted by atomic mass is 10.4. The summed E-state index contributed by atoms with van der Waals surface area (Å²) < 4.78 is 30.9. The second-order valence-corrected chi connectivity index (χ2v) is 4.62. The minimum atomic E-state index is -3.02. The second-order valence-electron chi connectivity index (χ2n) is 3.70. The Labute approximate surface area is 120 Å². The van der Waals surface area contributed by atoms with E-state index in [-0.39, 0.29) is 23.1 Å². The molecule has 20 heavy (non-hydrogen) atoms. The van der Waals surface area contributed by atoms with Crippen LogP contribution >= 0.6 is 15.9 Å². The Kier molecular flexibility index (Phi) is 3.98. The van der Waals surface area contributed by atoms with E-state index in [1.54, 1.807) is 0 Å². The third-order valence-electron chi connectivity index (χ3n) is 2.35. The van der Waals surface area contributed by atoms with Crippen LogP contribution in [-0.4, -0.2) is 32.2 Å². The van der Waals surface area contributed by atoms with Gasteiger partial charge in [0, 0.05) is 22.9 Å². The summed E-state index contributed by atoms with van der Waals surface area (Å²) in [6.45, 7) is -1.49. The number of aryl methyl sites for hydroxylation is 1. The highest BCUT2D eigenvalue weighted by atomic mass is 79.9. The monoisotopic (exact) mass is 347 g/mol. The van der Waals surface area contributed by atoms with Gasteiger partial charge in [0.1, 0.15) is 5.82 Å². The van der Waals surface area contributed by atoms with Gasteiger partial charge < -0.3 is 9.84 Å². The van der Waals surface area contributed by atoms with Gasteiger partial charge in [0.05, 0.1) is 0 Å². The average molecular weight is 348 g/mol. The Hall–Kier alpha value is -2.03. The summed E-state index contributed by atoms with van der Waals surface area (Å²) in [4.78, 5) is 18.6. The molecular formula is C11H8BrF2N3O3. The van der Waals surface area contributed by atoms with Crippen LogP contribution < -0.4 is 4.74 Å². The molecule has 0 bridgehead atoms. The van der Waals surface area contributed by atoms with Crippen LogP contribution in [0.5, 0.6) is 5.75 Å². The molecule has 0 atom stereocenters. The first-order valence-electron chi connectivity index (χ1n) is 5.28. The van der Waals surface area contributed by atoms with E-state index >= 15 is 0 Å². The van der Waals surface area contributed by atoms with Crippen LogP contribution in [0.25, 0.3) is 5.82 Å². The smallest absolute Gasteiger partial charge is 0.387 e. The molecule has 0 spiro atoms. The summed E-state index contributed by atoms with van der Waals surface area (Å²) >= 11 is 3.10. The maximum Gasteiger partial charge on any atom is 0.387 e. The van der Waals surface area contributed by atoms with E-state index in [0.717, 1.165) is 0 Å². The summed E-state index contributed by atoms with van der Waals surface area (Å²) in [5.41, 5.74) is -0.213. The molecule has 6 nitrogen and oxygen atoms in total. The van der Waals surface area contributed by atoms with Gasteiger partial charge in [-0.1, -0.05) is 0 Å². The van der Waals surface area contributed by atoms with Crippen LogP contribution in [-0.2, 0) is 0 Å². The first-order chi connectivity index (χ1) is 9.38. The molecule has 0 aliphatic rings. The Bertz CT molecular complexity index is 660. The number of ether oxygens (including phenoxy) is 1. The predicted octanol–water partition coefficient (Wildman–Crippen LogP) is 2.64. The first kappa shape index (κ1) is 14.4. The Morgan fingerprint density at radius 1 is 1.55 bits per heavy atom. The number of rotatable bonds is 4. The van der Waals surface area contributed by atoms with Gasteiger partial charge in [-0.25, -0.2) is 14.8 Å². The summed E-state index contributed by atoms with van der Waals surface area (Å²) in [6.07, 6.45) is 2.57. The van der Waals surface area contributed by atoms with Gasteiger partial charge in [0.15, 0.2) is 17.3 Å². The van der Waals surface area contributed by atoms with Crippen LogP contribution in [0.3, 0.4) is 0 Å². The molecule has 0 fully saturated rings. The van der Waals surface area contributed by atoms with Crippen molar-refractivity contribution in [2.75, 3.05) is 0 Å². The lowest BCUT2D eigenvalue weighted by Gasteiger charge is -2.11. The van der Waals surface area contributed by atoms with Crippen molar-refractivity contribution in [2.24, 2.45) is 0 Å². The Morgan fingerprint density at radius 3 is 2.80 bits per heavy atom. The van der Waals surface area contributed by atoms with Crippen molar-refractivity contribution < 1.29 is 23.4 Å². The van der Waals surface area contributed by atoms with Gasteiger partial charge in [-0.3, -0.25) is 4.57 Å². The number of imidazole rings is 1. The number of pyridine rings is 1. The van der Waals surface area contributed by atoms with Crippen molar-refractivity contribution in [1.29, 1.82) is 0 Å². The number of carbonyl (C=O) groups is 1. The standard InChI is InChI=1S/C11H8BrF2N3O3/c1-5-16-7(10(18)19)4-17(5)9-8(20-11(13)14)2-6(12)3-15-9/h2-4,11H,1H3,(H,18,19). The molecule has 2 rings (SSSR count). The number of halogens is 3. The number of nitrogens with zero attached hydrogens (tertiary/aromatic N) is 3. The molecule has 9 heteroatoms. The maximum absolute atomic E-state index is 12.4. The number of carboxylic acid groups (broad SMARTS) is 1. The fourth-order valence-corrected chi connectivity index (χ4v) is 1.88. The summed E-state index contributed by atoms with van der Waals surface area (Å²) in [5.74, 6) is -1.09. The maximum atomic E-state index is 12.4. The van der Waals surface area contributed by atoms with Crippen molar-refractivity contribution in [2.45, 2.75) is 13.5 Å². The topological polar surface area (TPSA) is 77.2 Å². The van der Waals surface area contributed by atoms with E-state index in [1.165, 1.54) is 30.0 Å². The minimum absolute atomic E-state index is 0.0333. The van der Waals surface area contributed by atoms with Crippen LogP contribution in [0.2, 0.25) is 0 Å². The van der Waals surface area contributed by atoms with Gasteiger partial charge in [-0.15, -0.1) is 0 Å². The molecule has 106 valence electrons. The zero-order valence-electron chi connectivity index (χ0n) is 10.0. The molecule has 2 aromatic rings. The van der Waals surface area contributed by atoms with Crippen LogP contribution in [0.15, 0.2) is 22.9 Å². The number of aromatic carboxylic acids is 1. The molecule has 0 aliphatic heterocycles. The lowest BCUT2D eigenvalue weighted by molar-refractivity contribution is -0.0501. The van der Waals surface area contributed by atoms with Crippen molar-refractivity contribution >= 4 is 21.9 Å². The highest BCUT2D eigenvalue weighted by Crippen LogP contribution is 2.27. The zero-order valence-corrected chi connectivity index (χ0v) is 11.6. The summed E-state index contributed by atoms with van der Waals surface area (Å²) in [5, 5.41) is 8.87. The number of carboxylic acids is 1. The van der Waals surface area contributed by atoms with Crippen LogP contribution in [0, 0.1) is 6.92 Å². The summed E-state index contributed by atoms with van der Waals surface area (Å²) in [7, 11) is 0. The highest BCUT2D eigenvalue weighted by molar-refractivity contribution is 9.10. The van der Waals surface area contributed by atoms with Crippen molar-refractivity contribution in [3.8, 4) is 11.6 Å². The third-order valence-corrected chi connectivity index (χ3v) is 2.78. The molecule has 1 N–H and O–H groups in total. The molecule has 0 saturated carbocycles. The average Bonchev–Trinajstić information content (AvgIpc) is 2.71. The zero-order chi connectivity index (χ0) is 14.9. The van der Waals surface area contributed by atoms with Gasteiger partial charge in [-0.2, -0.15) is 8.78 Å². The third kappa shape index (κ3) is 2.93. The van der Waals surface area contributed by atoms with Crippen molar-refractivity contribution in [3.63, 3.8) is 0 Å². The Morgan fingerprint density at radius 2 is 2.25 bits per heavy atom. The largest absolute Gasteiger partial charge is 0.476 e. The van der Waals surface area contributed by atoms with Gasteiger partial charge >= 0.3 is 12.6 Å². The molecular weight excluding hydrogens is 340 g/mol. The van der Waals surface area contributed by atoms with Gasteiger partial charge in [0.25, 0.3) is 0 Å². The molecule has 0 unspecified atom stereocenters. The van der Waals surface area contributed by atoms with E-state index in [1.807, 2.05) is 0 Å².